The van der Waals surface area contributed by atoms with Crippen LogP contribution in [0, 0.1) is 6.92 Å². The number of amidine groups is 1. The third kappa shape index (κ3) is 3.83. The summed E-state index contributed by atoms with van der Waals surface area (Å²) in [5.41, 5.74) is 3.65. The maximum Gasteiger partial charge on any atom is 0.227 e. The Balaban J connectivity index is 1.38. The number of ether oxygens (including phenoxy) is 1. The van der Waals surface area contributed by atoms with Gasteiger partial charge in [-0.25, -0.2) is 4.98 Å². The van der Waals surface area contributed by atoms with E-state index in [1.165, 1.54) is 5.39 Å². The van der Waals surface area contributed by atoms with Gasteiger partial charge in [-0.05, 0) is 41.5 Å². The van der Waals surface area contributed by atoms with Crippen molar-refractivity contribution in [2.45, 2.75) is 13.2 Å². The van der Waals surface area contributed by atoms with Crippen molar-refractivity contribution in [2.24, 2.45) is 5.16 Å². The number of rotatable bonds is 5. The van der Waals surface area contributed by atoms with Crippen LogP contribution < -0.4 is 4.74 Å². The van der Waals surface area contributed by atoms with Crippen LogP contribution in [-0.2, 0) is 4.84 Å². The molecule has 0 aliphatic carbocycles. The van der Waals surface area contributed by atoms with Crippen LogP contribution in [0.3, 0.4) is 0 Å². The van der Waals surface area contributed by atoms with Crippen LogP contribution in [0.1, 0.15) is 23.0 Å². The van der Waals surface area contributed by atoms with E-state index in [1.54, 1.807) is 18.0 Å². The number of oxime groups is 1. The van der Waals surface area contributed by atoms with Gasteiger partial charge in [0.05, 0.1) is 18.5 Å². The molecule has 0 N–H and O–H groups in total. The molecule has 2 heterocycles. The van der Waals surface area contributed by atoms with Crippen LogP contribution >= 0.6 is 11.6 Å². The van der Waals surface area contributed by atoms with E-state index >= 15 is 0 Å². The first kappa shape index (κ1) is 21.1. The zero-order valence-electron chi connectivity index (χ0n) is 18.6. The summed E-state index contributed by atoms with van der Waals surface area (Å²) in [5, 5.41) is 7.21. The van der Waals surface area contributed by atoms with E-state index in [1.807, 2.05) is 67.4 Å². The molecule has 4 aromatic rings. The molecule has 33 heavy (non-hydrogen) atoms. The molecule has 1 unspecified atom stereocenters. The Morgan fingerprint density at radius 2 is 1.88 bits per heavy atom. The van der Waals surface area contributed by atoms with Gasteiger partial charge in [-0.3, -0.25) is 4.57 Å². The second-order valence-electron chi connectivity index (χ2n) is 7.84. The molecule has 0 bridgehead atoms. The maximum atomic E-state index is 6.37. The molecule has 0 spiro atoms. The Labute approximate surface area is 197 Å². The van der Waals surface area contributed by atoms with Gasteiger partial charge >= 0.3 is 0 Å². The number of methoxy groups -OCH3 is 1. The van der Waals surface area contributed by atoms with Crippen LogP contribution in [0.2, 0.25) is 5.15 Å². The van der Waals surface area contributed by atoms with Crippen molar-refractivity contribution in [3.63, 3.8) is 0 Å². The number of hydrogen-bond donors (Lipinski definition) is 0. The predicted octanol–water partition coefficient (Wildman–Crippen LogP) is 5.98. The smallest absolute Gasteiger partial charge is 0.227 e. The lowest BCUT2D eigenvalue weighted by Gasteiger charge is -2.21. The fourth-order valence-corrected chi connectivity index (χ4v) is 4.18. The molecule has 6 nitrogen and oxygen atoms in total. The molecule has 5 rings (SSSR count). The van der Waals surface area contributed by atoms with Gasteiger partial charge in [-0.2, -0.15) is 0 Å². The van der Waals surface area contributed by atoms with E-state index in [0.29, 0.717) is 10.9 Å². The van der Waals surface area contributed by atoms with Crippen molar-refractivity contribution >= 4 is 34.3 Å². The molecule has 0 fully saturated rings. The van der Waals surface area contributed by atoms with Gasteiger partial charge in [-0.1, -0.05) is 71.4 Å². The minimum atomic E-state index is -0.278. The Kier molecular flexibility index (Phi) is 5.52. The molecule has 166 valence electrons. The summed E-state index contributed by atoms with van der Waals surface area (Å²) in [6.07, 6.45) is 5.34. The zero-order chi connectivity index (χ0) is 22.9. The van der Waals surface area contributed by atoms with Gasteiger partial charge in [0.1, 0.15) is 17.2 Å². The van der Waals surface area contributed by atoms with Gasteiger partial charge in [0.25, 0.3) is 0 Å². The number of aryl methyl sites for hydroxylation is 1. The lowest BCUT2D eigenvalue weighted by molar-refractivity contribution is 0.0202. The highest BCUT2D eigenvalue weighted by Gasteiger charge is 2.28. The van der Waals surface area contributed by atoms with E-state index in [2.05, 4.69) is 34.4 Å². The molecule has 7 heteroatoms. The number of hydrogen-bond acceptors (Lipinski definition) is 5. The first-order chi connectivity index (χ1) is 16.1. The van der Waals surface area contributed by atoms with Gasteiger partial charge in [0.15, 0.2) is 5.84 Å². The summed E-state index contributed by atoms with van der Waals surface area (Å²) in [6.45, 7) is 1.87. The number of likely N-dealkylation sites (N-methyl/N-ethyl adjacent to an activating group) is 1. The highest BCUT2D eigenvalue weighted by atomic mass is 35.5. The van der Waals surface area contributed by atoms with E-state index in [4.69, 9.17) is 21.2 Å². The Bertz CT molecular complexity index is 1390. The zero-order valence-corrected chi connectivity index (χ0v) is 19.3. The second kappa shape index (κ2) is 8.64. The van der Waals surface area contributed by atoms with E-state index in [-0.39, 0.29) is 6.23 Å². The molecule has 0 saturated carbocycles. The topological polar surface area (TPSA) is 51.9 Å². The number of aromatic nitrogens is 2. The van der Waals surface area contributed by atoms with Crippen molar-refractivity contribution < 1.29 is 9.57 Å². The quantitative estimate of drug-likeness (QED) is 0.369. The number of fused-ring (bicyclic) bond motifs is 1. The van der Waals surface area contributed by atoms with Crippen molar-refractivity contribution in [3.8, 4) is 11.4 Å². The van der Waals surface area contributed by atoms with Crippen molar-refractivity contribution in [1.29, 1.82) is 0 Å². The van der Waals surface area contributed by atoms with Crippen molar-refractivity contribution in [2.75, 3.05) is 14.2 Å². The molecular formula is C26H23ClN4O2. The molecule has 1 atom stereocenters. The van der Waals surface area contributed by atoms with Crippen molar-refractivity contribution in [3.05, 3.63) is 95.0 Å². The minimum absolute atomic E-state index is 0.278. The van der Waals surface area contributed by atoms with Gasteiger partial charge in [-0.15, -0.1) is 0 Å². The van der Waals surface area contributed by atoms with Crippen LogP contribution in [-0.4, -0.2) is 34.4 Å². The summed E-state index contributed by atoms with van der Waals surface area (Å²) >= 11 is 6.37. The summed E-state index contributed by atoms with van der Waals surface area (Å²) in [4.78, 5) is 12.1. The molecule has 3 aromatic carbocycles. The maximum absolute atomic E-state index is 6.37. The molecule has 1 aliphatic rings. The van der Waals surface area contributed by atoms with E-state index < -0.39 is 0 Å². The summed E-state index contributed by atoms with van der Waals surface area (Å²) in [7, 11) is 3.62. The monoisotopic (exact) mass is 458 g/mol. The van der Waals surface area contributed by atoms with Crippen LogP contribution in [0.25, 0.3) is 22.5 Å². The lowest BCUT2D eigenvalue weighted by Crippen LogP contribution is -2.24. The van der Waals surface area contributed by atoms with E-state index in [9.17, 15) is 0 Å². The Morgan fingerprint density at radius 3 is 2.67 bits per heavy atom. The lowest BCUT2D eigenvalue weighted by atomic mass is 10.0. The fraction of sp³-hybridized carbons (Fsp3) is 0.154. The van der Waals surface area contributed by atoms with Crippen LogP contribution in [0.5, 0.6) is 5.75 Å². The SMILES string of the molecule is COc1cc(C=CC2=NOC(c3cccc4ccccc34)N2C)ccc1-n1cnc(C)c1Cl. The third-order valence-electron chi connectivity index (χ3n) is 5.81. The molecule has 0 amide bonds. The third-order valence-corrected chi connectivity index (χ3v) is 6.27. The second-order valence-corrected chi connectivity index (χ2v) is 8.20. The van der Waals surface area contributed by atoms with Gasteiger partial charge < -0.3 is 14.5 Å². The number of halogens is 1. The Morgan fingerprint density at radius 1 is 1.06 bits per heavy atom. The van der Waals surface area contributed by atoms with E-state index in [0.717, 1.165) is 33.7 Å². The van der Waals surface area contributed by atoms with Crippen molar-refractivity contribution in [1.82, 2.24) is 14.5 Å². The van der Waals surface area contributed by atoms with Crippen LogP contribution in [0.15, 0.2) is 78.2 Å². The first-order valence-electron chi connectivity index (χ1n) is 10.6. The summed E-state index contributed by atoms with van der Waals surface area (Å²) in [6, 6.07) is 20.4. The largest absolute Gasteiger partial charge is 0.495 e. The molecular weight excluding hydrogens is 436 g/mol. The summed E-state index contributed by atoms with van der Waals surface area (Å²) < 4.78 is 7.41. The highest BCUT2D eigenvalue weighted by Crippen LogP contribution is 2.33. The Hall–Kier alpha value is -3.77. The average molecular weight is 459 g/mol. The predicted molar refractivity (Wildman–Crippen MR) is 132 cm³/mol. The summed E-state index contributed by atoms with van der Waals surface area (Å²) in [5.74, 6) is 1.44. The molecule has 1 aromatic heterocycles. The fourth-order valence-electron chi connectivity index (χ4n) is 4.00. The normalized spacial score (nSPS) is 15.8. The number of imidazole rings is 1. The molecule has 0 saturated heterocycles. The average Bonchev–Trinajstić information content (AvgIpc) is 3.38. The molecule has 0 radical (unpaired) electrons. The van der Waals surface area contributed by atoms with Crippen LogP contribution in [0.4, 0.5) is 0 Å². The highest BCUT2D eigenvalue weighted by molar-refractivity contribution is 6.30. The number of nitrogens with zero attached hydrogens (tertiary/aromatic N) is 4. The standard InChI is InChI=1S/C26H23ClN4O2/c1-17-25(27)31(16-28-17)22-13-11-18(15-23(22)32-3)12-14-24-29-33-26(30(24)2)21-10-6-8-19-7-4-5-9-20(19)21/h4-16,26H,1-3H3. The minimum Gasteiger partial charge on any atom is -0.495 e. The van der Waals surface area contributed by atoms with Gasteiger partial charge in [0.2, 0.25) is 6.23 Å². The first-order valence-corrected chi connectivity index (χ1v) is 10.9. The number of benzene rings is 3. The van der Waals surface area contributed by atoms with Gasteiger partial charge in [0, 0.05) is 12.6 Å². The molecule has 1 aliphatic heterocycles.